The molecule has 0 saturated carbocycles. The summed E-state index contributed by atoms with van der Waals surface area (Å²) in [6, 6.07) is 8.52. The Labute approximate surface area is 138 Å². The molecular formula is C15H12Cl2O4S. The van der Waals surface area contributed by atoms with E-state index in [2.05, 4.69) is 0 Å². The molecule has 2 aromatic rings. The first-order valence-corrected chi connectivity index (χ1v) is 8.38. The third kappa shape index (κ3) is 3.61. The van der Waals surface area contributed by atoms with Crippen LogP contribution in [0.5, 0.6) is 5.75 Å². The van der Waals surface area contributed by atoms with Crippen LogP contribution in [0.15, 0.2) is 41.3 Å². The van der Waals surface area contributed by atoms with Gasteiger partial charge in [0.15, 0.2) is 11.5 Å². The van der Waals surface area contributed by atoms with Crippen LogP contribution in [-0.4, -0.2) is 14.2 Å². The molecule has 0 spiro atoms. The van der Waals surface area contributed by atoms with Crippen molar-refractivity contribution in [1.82, 2.24) is 0 Å². The lowest BCUT2D eigenvalue weighted by atomic mass is 10.1. The number of carbonyl (C=O) groups is 1. The van der Waals surface area contributed by atoms with Crippen molar-refractivity contribution in [1.29, 1.82) is 0 Å². The molecule has 0 atom stereocenters. The minimum absolute atomic E-state index is 0.0239. The molecule has 0 N–H and O–H groups in total. The molecule has 0 heterocycles. The van der Waals surface area contributed by atoms with Crippen LogP contribution in [-0.2, 0) is 10.1 Å². The van der Waals surface area contributed by atoms with E-state index in [1.165, 1.54) is 31.2 Å². The van der Waals surface area contributed by atoms with Gasteiger partial charge in [-0.05, 0) is 44.2 Å². The van der Waals surface area contributed by atoms with Gasteiger partial charge in [-0.25, -0.2) is 0 Å². The Hall–Kier alpha value is -1.56. The molecule has 2 aromatic carbocycles. The predicted octanol–water partition coefficient (Wildman–Crippen LogP) is 4.27. The van der Waals surface area contributed by atoms with Crippen LogP contribution >= 0.6 is 23.2 Å². The van der Waals surface area contributed by atoms with Crippen LogP contribution in [0.2, 0.25) is 10.0 Å². The average molecular weight is 359 g/mol. The molecule has 2 rings (SSSR count). The number of carbonyl (C=O) groups excluding carboxylic acids is 1. The molecule has 116 valence electrons. The summed E-state index contributed by atoms with van der Waals surface area (Å²) in [6.07, 6.45) is 0. The Kier molecular flexibility index (Phi) is 4.80. The van der Waals surface area contributed by atoms with Crippen molar-refractivity contribution in [2.24, 2.45) is 0 Å². The molecule has 22 heavy (non-hydrogen) atoms. The van der Waals surface area contributed by atoms with Crippen molar-refractivity contribution in [2.75, 3.05) is 0 Å². The van der Waals surface area contributed by atoms with Gasteiger partial charge in [-0.3, -0.25) is 4.79 Å². The number of Topliss-reactive ketones (excluding diaryl/α,β-unsaturated/α-hetero) is 1. The predicted molar refractivity (Wildman–Crippen MR) is 85.5 cm³/mol. The Balaban J connectivity index is 2.45. The smallest absolute Gasteiger partial charge is 0.339 e. The SMILES string of the molecule is CC(=O)c1cc(C)ccc1OS(=O)(=O)c1ccc(Cl)c(Cl)c1. The van der Waals surface area contributed by atoms with Crippen LogP contribution in [0.3, 0.4) is 0 Å². The van der Waals surface area contributed by atoms with Gasteiger partial charge in [-0.2, -0.15) is 8.42 Å². The summed E-state index contributed by atoms with van der Waals surface area (Å²) in [5, 5.41) is 0.336. The maximum absolute atomic E-state index is 12.3. The molecule has 0 saturated heterocycles. The molecule has 0 aliphatic rings. The van der Waals surface area contributed by atoms with Crippen molar-refractivity contribution in [2.45, 2.75) is 18.7 Å². The number of aryl methyl sites for hydroxylation is 1. The van der Waals surface area contributed by atoms with E-state index >= 15 is 0 Å². The Bertz CT molecular complexity index is 845. The summed E-state index contributed by atoms with van der Waals surface area (Å²) >= 11 is 11.6. The van der Waals surface area contributed by atoms with Crippen molar-refractivity contribution in [3.63, 3.8) is 0 Å². The lowest BCUT2D eigenvalue weighted by molar-refractivity contribution is 0.101. The van der Waals surface area contributed by atoms with Gasteiger partial charge in [0.25, 0.3) is 0 Å². The van der Waals surface area contributed by atoms with Gasteiger partial charge in [0, 0.05) is 0 Å². The molecule has 0 fully saturated rings. The topological polar surface area (TPSA) is 60.4 Å². The first kappa shape index (κ1) is 16.8. The number of halogens is 2. The molecular weight excluding hydrogens is 347 g/mol. The third-order valence-corrected chi connectivity index (χ3v) is 4.86. The summed E-state index contributed by atoms with van der Waals surface area (Å²) in [6.45, 7) is 3.14. The molecule has 0 unspecified atom stereocenters. The number of rotatable bonds is 4. The van der Waals surface area contributed by atoms with Crippen LogP contribution in [0.1, 0.15) is 22.8 Å². The molecule has 0 bridgehead atoms. The normalized spacial score (nSPS) is 11.3. The third-order valence-electron chi connectivity index (χ3n) is 2.89. The molecule has 0 aliphatic heterocycles. The summed E-state index contributed by atoms with van der Waals surface area (Å²) in [5.74, 6) is -0.313. The van der Waals surface area contributed by atoms with Crippen LogP contribution < -0.4 is 4.18 Å². The molecule has 0 radical (unpaired) electrons. The number of hydrogen-bond donors (Lipinski definition) is 0. The van der Waals surface area contributed by atoms with Crippen molar-refractivity contribution >= 4 is 39.1 Å². The van der Waals surface area contributed by atoms with Gasteiger partial charge >= 0.3 is 10.1 Å². The van der Waals surface area contributed by atoms with E-state index in [9.17, 15) is 13.2 Å². The minimum Gasteiger partial charge on any atom is -0.378 e. The average Bonchev–Trinajstić information content (AvgIpc) is 2.43. The number of benzene rings is 2. The van der Waals surface area contributed by atoms with E-state index in [1.54, 1.807) is 19.1 Å². The first-order valence-electron chi connectivity index (χ1n) is 6.22. The summed E-state index contributed by atoms with van der Waals surface area (Å²) in [7, 11) is -4.12. The lowest BCUT2D eigenvalue weighted by Crippen LogP contribution is -2.12. The number of ketones is 1. The summed E-state index contributed by atoms with van der Waals surface area (Å²) < 4.78 is 29.7. The lowest BCUT2D eigenvalue weighted by Gasteiger charge is -2.11. The first-order chi connectivity index (χ1) is 10.2. The highest BCUT2D eigenvalue weighted by atomic mass is 35.5. The van der Waals surface area contributed by atoms with E-state index in [1.807, 2.05) is 0 Å². The standard InChI is InChI=1S/C15H12Cl2O4S/c1-9-3-6-15(12(7-9)10(2)18)21-22(19,20)11-4-5-13(16)14(17)8-11/h3-8H,1-2H3. The highest BCUT2D eigenvalue weighted by molar-refractivity contribution is 7.87. The molecule has 0 amide bonds. The molecule has 0 aliphatic carbocycles. The van der Waals surface area contributed by atoms with E-state index in [4.69, 9.17) is 27.4 Å². The van der Waals surface area contributed by atoms with Gasteiger partial charge in [-0.1, -0.05) is 34.8 Å². The van der Waals surface area contributed by atoms with Gasteiger partial charge in [0.05, 0.1) is 15.6 Å². The Morgan fingerprint density at radius 3 is 2.32 bits per heavy atom. The zero-order chi connectivity index (χ0) is 16.5. The Morgan fingerprint density at radius 2 is 1.73 bits per heavy atom. The van der Waals surface area contributed by atoms with Gasteiger partial charge < -0.3 is 4.18 Å². The van der Waals surface area contributed by atoms with Gasteiger partial charge in [0.1, 0.15) is 4.90 Å². The van der Waals surface area contributed by atoms with Gasteiger partial charge in [-0.15, -0.1) is 0 Å². The quantitative estimate of drug-likeness (QED) is 0.604. The second-order valence-electron chi connectivity index (χ2n) is 4.67. The monoisotopic (exact) mass is 358 g/mol. The second-order valence-corrected chi connectivity index (χ2v) is 7.03. The largest absolute Gasteiger partial charge is 0.378 e. The van der Waals surface area contributed by atoms with E-state index in [0.717, 1.165) is 5.56 Å². The van der Waals surface area contributed by atoms with E-state index in [0.29, 0.717) is 0 Å². The summed E-state index contributed by atoms with van der Waals surface area (Å²) in [4.78, 5) is 11.5. The fourth-order valence-electron chi connectivity index (χ4n) is 1.79. The highest BCUT2D eigenvalue weighted by Gasteiger charge is 2.21. The van der Waals surface area contributed by atoms with E-state index < -0.39 is 10.1 Å². The molecule has 0 aromatic heterocycles. The zero-order valence-electron chi connectivity index (χ0n) is 11.8. The fourth-order valence-corrected chi connectivity index (χ4v) is 3.13. The maximum Gasteiger partial charge on any atom is 0.339 e. The van der Waals surface area contributed by atoms with Gasteiger partial charge in [0.2, 0.25) is 0 Å². The maximum atomic E-state index is 12.3. The molecule has 4 nitrogen and oxygen atoms in total. The Morgan fingerprint density at radius 1 is 1.05 bits per heavy atom. The zero-order valence-corrected chi connectivity index (χ0v) is 14.1. The minimum atomic E-state index is -4.12. The van der Waals surface area contributed by atoms with Crippen LogP contribution in [0.4, 0.5) is 0 Å². The van der Waals surface area contributed by atoms with Crippen molar-refractivity contribution in [3.05, 3.63) is 57.6 Å². The van der Waals surface area contributed by atoms with Crippen LogP contribution in [0.25, 0.3) is 0 Å². The van der Waals surface area contributed by atoms with Crippen LogP contribution in [0, 0.1) is 6.92 Å². The highest BCUT2D eigenvalue weighted by Crippen LogP contribution is 2.28. The second kappa shape index (κ2) is 6.28. The van der Waals surface area contributed by atoms with E-state index in [-0.39, 0.29) is 32.0 Å². The molecule has 7 heteroatoms. The fraction of sp³-hybridized carbons (Fsp3) is 0.133. The van der Waals surface area contributed by atoms with Crippen molar-refractivity contribution < 1.29 is 17.4 Å². The summed E-state index contributed by atoms with van der Waals surface area (Å²) in [5.41, 5.74) is 1.02. The number of hydrogen-bond acceptors (Lipinski definition) is 4. The van der Waals surface area contributed by atoms with Crippen molar-refractivity contribution in [3.8, 4) is 5.75 Å².